The lowest BCUT2D eigenvalue weighted by molar-refractivity contribution is -0.149. The molecule has 0 saturated heterocycles. The van der Waals surface area contributed by atoms with Crippen molar-refractivity contribution in [3.8, 4) is 0 Å². The number of primary amides is 1. The van der Waals surface area contributed by atoms with E-state index in [2.05, 4.69) is 4.98 Å². The number of carbonyl (C=O) groups is 3. The minimum Gasteiger partial charge on any atom is -0.368 e. The summed E-state index contributed by atoms with van der Waals surface area (Å²) >= 11 is 0. The van der Waals surface area contributed by atoms with Crippen LogP contribution >= 0.6 is 0 Å². The molecule has 0 saturated carbocycles. The van der Waals surface area contributed by atoms with Gasteiger partial charge >= 0.3 is 0 Å². The van der Waals surface area contributed by atoms with Crippen LogP contribution in [-0.2, 0) is 27.2 Å². The fourth-order valence-electron chi connectivity index (χ4n) is 4.70. The number of hydrogen-bond donors (Lipinski definition) is 3. The average molecular weight is 492 g/mol. The van der Waals surface area contributed by atoms with Crippen LogP contribution in [0.1, 0.15) is 30.5 Å². The van der Waals surface area contributed by atoms with Gasteiger partial charge in [-0.15, -0.1) is 0 Å². The van der Waals surface area contributed by atoms with Crippen molar-refractivity contribution in [2.75, 3.05) is 14.1 Å². The molecular formula is C28H37N5O3. The fraction of sp³-hybridized carbons (Fsp3) is 0.393. The average Bonchev–Trinajstić information content (AvgIpc) is 3.21. The number of H-pyrrole nitrogens is 1. The normalized spacial score (nSPS) is 13.9. The monoisotopic (exact) mass is 491 g/mol. The number of hydrogen-bond acceptors (Lipinski definition) is 4. The number of carbonyl (C=O) groups excluding carboxylic acids is 3. The van der Waals surface area contributed by atoms with Gasteiger partial charge in [-0.25, -0.2) is 0 Å². The Morgan fingerprint density at radius 3 is 2.19 bits per heavy atom. The van der Waals surface area contributed by atoms with Crippen molar-refractivity contribution in [1.82, 2.24) is 14.8 Å². The number of fused-ring (bicyclic) bond motifs is 1. The summed E-state index contributed by atoms with van der Waals surface area (Å²) in [6.07, 6.45) is 2.57. The van der Waals surface area contributed by atoms with Crippen molar-refractivity contribution in [3.05, 3.63) is 71.4 Å². The van der Waals surface area contributed by atoms with E-state index >= 15 is 0 Å². The number of benzene rings is 2. The first kappa shape index (κ1) is 26.9. The standard InChI is InChI=1S/C28H37N5O3/c1-17(2)25(33(5)27(35)22(29)14-19-9-7-6-8-10-19)28(36)32(4)24(26(30)34)15-20-11-12-23-21(13-20)18(3)16-31-23/h6-13,16-17,22,24-25,31H,14-15,29H2,1-5H3,(H2,30,34)/t22-,24?,25?/m0/s1. The molecule has 3 rings (SSSR count). The van der Waals surface area contributed by atoms with Crippen molar-refractivity contribution in [3.63, 3.8) is 0 Å². The number of aryl methyl sites for hydroxylation is 1. The van der Waals surface area contributed by atoms with Crippen LogP contribution < -0.4 is 11.5 Å². The molecule has 0 aliphatic heterocycles. The van der Waals surface area contributed by atoms with Gasteiger partial charge in [-0.3, -0.25) is 14.4 Å². The second-order valence-corrected chi connectivity index (χ2v) is 9.86. The molecule has 8 heteroatoms. The number of amides is 3. The van der Waals surface area contributed by atoms with Crippen molar-refractivity contribution in [1.29, 1.82) is 0 Å². The lowest BCUT2D eigenvalue weighted by atomic mass is 9.97. The van der Waals surface area contributed by atoms with E-state index < -0.39 is 24.0 Å². The van der Waals surface area contributed by atoms with Crippen LogP contribution in [0.5, 0.6) is 0 Å². The molecule has 3 aromatic rings. The quantitative estimate of drug-likeness (QED) is 0.403. The van der Waals surface area contributed by atoms with Gasteiger partial charge in [0.1, 0.15) is 12.1 Å². The van der Waals surface area contributed by atoms with Gasteiger partial charge in [-0.2, -0.15) is 0 Å². The minimum atomic E-state index is -0.864. The first-order valence-corrected chi connectivity index (χ1v) is 12.2. The molecule has 192 valence electrons. The molecule has 0 fully saturated rings. The van der Waals surface area contributed by atoms with E-state index in [-0.39, 0.29) is 24.2 Å². The second-order valence-electron chi connectivity index (χ2n) is 9.86. The molecule has 0 radical (unpaired) electrons. The van der Waals surface area contributed by atoms with Crippen LogP contribution in [0, 0.1) is 12.8 Å². The maximum Gasteiger partial charge on any atom is 0.246 e. The SMILES string of the molecule is Cc1c[nH]c2ccc(CC(C(N)=O)N(C)C(=O)C(C(C)C)N(C)C(=O)[C@@H](N)Cc3ccccc3)cc12. The van der Waals surface area contributed by atoms with E-state index in [1.165, 1.54) is 9.80 Å². The van der Waals surface area contributed by atoms with Crippen LogP contribution in [0.15, 0.2) is 54.7 Å². The third-order valence-electron chi connectivity index (χ3n) is 6.79. The number of rotatable bonds is 10. The van der Waals surface area contributed by atoms with Gasteiger partial charge in [0.05, 0.1) is 6.04 Å². The molecule has 2 unspecified atom stereocenters. The van der Waals surface area contributed by atoms with E-state index in [0.717, 1.165) is 27.6 Å². The van der Waals surface area contributed by atoms with Gasteiger partial charge < -0.3 is 26.3 Å². The van der Waals surface area contributed by atoms with Crippen LogP contribution in [0.2, 0.25) is 0 Å². The Balaban J connectivity index is 1.78. The number of likely N-dealkylation sites (N-methyl/N-ethyl adjacent to an activating group) is 2. The highest BCUT2D eigenvalue weighted by atomic mass is 16.2. The van der Waals surface area contributed by atoms with Gasteiger partial charge in [0.25, 0.3) is 0 Å². The summed E-state index contributed by atoms with van der Waals surface area (Å²) in [6.45, 7) is 5.74. The van der Waals surface area contributed by atoms with Gasteiger partial charge in [-0.05, 0) is 48.1 Å². The summed E-state index contributed by atoms with van der Waals surface area (Å²) in [4.78, 5) is 45.3. The molecule has 8 nitrogen and oxygen atoms in total. The van der Waals surface area contributed by atoms with Crippen LogP contribution in [-0.4, -0.2) is 64.7 Å². The summed E-state index contributed by atoms with van der Waals surface area (Å²) in [5.74, 6) is -1.49. The molecule has 0 aliphatic rings. The van der Waals surface area contributed by atoms with E-state index in [9.17, 15) is 14.4 Å². The lowest BCUT2D eigenvalue weighted by Crippen LogP contribution is -2.58. The van der Waals surface area contributed by atoms with Crippen LogP contribution in [0.3, 0.4) is 0 Å². The Hall–Kier alpha value is -3.65. The lowest BCUT2D eigenvalue weighted by Gasteiger charge is -2.36. The zero-order chi connectivity index (χ0) is 26.6. The van der Waals surface area contributed by atoms with Crippen molar-refractivity contribution in [2.24, 2.45) is 17.4 Å². The number of nitrogens with one attached hydrogen (secondary N) is 1. The summed E-state index contributed by atoms with van der Waals surface area (Å²) < 4.78 is 0. The van der Waals surface area contributed by atoms with Gasteiger partial charge in [0, 0.05) is 37.6 Å². The molecule has 5 N–H and O–H groups in total. The number of nitrogens with zero attached hydrogens (tertiary/aromatic N) is 2. The molecule has 36 heavy (non-hydrogen) atoms. The van der Waals surface area contributed by atoms with Crippen molar-refractivity contribution >= 4 is 28.6 Å². The molecule has 1 aromatic heterocycles. The smallest absolute Gasteiger partial charge is 0.246 e. The molecular weight excluding hydrogens is 454 g/mol. The van der Waals surface area contributed by atoms with Crippen LogP contribution in [0.4, 0.5) is 0 Å². The van der Waals surface area contributed by atoms with Gasteiger partial charge in [0.2, 0.25) is 17.7 Å². The van der Waals surface area contributed by atoms with Crippen LogP contribution in [0.25, 0.3) is 10.9 Å². The summed E-state index contributed by atoms with van der Waals surface area (Å²) in [7, 11) is 3.15. The Morgan fingerprint density at radius 2 is 1.58 bits per heavy atom. The largest absolute Gasteiger partial charge is 0.368 e. The van der Waals surface area contributed by atoms with E-state index in [1.54, 1.807) is 14.1 Å². The molecule has 0 spiro atoms. The molecule has 0 aliphatic carbocycles. The highest BCUT2D eigenvalue weighted by Gasteiger charge is 2.37. The first-order chi connectivity index (χ1) is 17.0. The Morgan fingerprint density at radius 1 is 0.917 bits per heavy atom. The Bertz CT molecular complexity index is 1220. The number of aromatic nitrogens is 1. The predicted molar refractivity (Wildman–Crippen MR) is 142 cm³/mol. The zero-order valence-corrected chi connectivity index (χ0v) is 21.7. The Labute approximate surface area is 212 Å². The summed E-state index contributed by atoms with van der Waals surface area (Å²) in [5.41, 5.74) is 15.9. The number of aromatic amines is 1. The maximum absolute atomic E-state index is 13.7. The first-order valence-electron chi connectivity index (χ1n) is 12.2. The Kier molecular flexibility index (Phi) is 8.53. The second kappa shape index (κ2) is 11.4. The summed E-state index contributed by atoms with van der Waals surface area (Å²) in [6, 6.07) is 12.9. The summed E-state index contributed by atoms with van der Waals surface area (Å²) in [5, 5.41) is 1.06. The third kappa shape index (κ3) is 5.94. The predicted octanol–water partition coefficient (Wildman–Crippen LogP) is 2.38. The third-order valence-corrected chi connectivity index (χ3v) is 6.79. The van der Waals surface area contributed by atoms with Gasteiger partial charge in [-0.1, -0.05) is 50.2 Å². The van der Waals surface area contributed by atoms with Crippen molar-refractivity contribution < 1.29 is 14.4 Å². The molecule has 1 heterocycles. The highest BCUT2D eigenvalue weighted by Crippen LogP contribution is 2.22. The van der Waals surface area contributed by atoms with E-state index in [0.29, 0.717) is 6.42 Å². The maximum atomic E-state index is 13.7. The van der Waals surface area contributed by atoms with E-state index in [4.69, 9.17) is 11.5 Å². The van der Waals surface area contributed by atoms with E-state index in [1.807, 2.05) is 75.5 Å². The molecule has 2 aromatic carbocycles. The van der Waals surface area contributed by atoms with Crippen molar-refractivity contribution in [2.45, 2.75) is 51.7 Å². The van der Waals surface area contributed by atoms with Gasteiger partial charge in [0.15, 0.2) is 0 Å². The highest BCUT2D eigenvalue weighted by molar-refractivity contribution is 5.93. The topological polar surface area (TPSA) is 126 Å². The molecule has 3 atom stereocenters. The zero-order valence-electron chi connectivity index (χ0n) is 21.7. The molecule has 0 bridgehead atoms. The number of nitrogens with two attached hydrogens (primary N) is 2. The minimum absolute atomic E-state index is 0.204. The fourth-order valence-corrected chi connectivity index (χ4v) is 4.70. The molecule has 3 amide bonds.